The van der Waals surface area contributed by atoms with Crippen molar-refractivity contribution >= 4 is 29.6 Å². The van der Waals surface area contributed by atoms with Gasteiger partial charge in [-0.05, 0) is 29.8 Å². The lowest BCUT2D eigenvalue weighted by atomic mass is 10.0. The Morgan fingerprint density at radius 2 is 1.76 bits per heavy atom. The van der Waals surface area contributed by atoms with Crippen molar-refractivity contribution < 1.29 is 27.5 Å². The average Bonchev–Trinajstić information content (AvgIpc) is 3.45. The fourth-order valence-corrected chi connectivity index (χ4v) is 4.18. The zero-order valence-corrected chi connectivity index (χ0v) is 23.1. The predicted octanol–water partition coefficient (Wildman–Crippen LogP) is 5.98. The molecule has 1 aromatic heterocycles. The number of benzene rings is 3. The zero-order chi connectivity index (χ0) is 29.7. The molecule has 0 saturated carbocycles. The Labute approximate surface area is 239 Å². The third-order valence-electron chi connectivity index (χ3n) is 6.02. The molecule has 41 heavy (non-hydrogen) atoms. The number of halogens is 3. The Bertz CT molecular complexity index is 1560. The summed E-state index contributed by atoms with van der Waals surface area (Å²) in [5.74, 6) is -2.57. The predicted molar refractivity (Wildman–Crippen MR) is 149 cm³/mol. The van der Waals surface area contributed by atoms with Crippen LogP contribution < -0.4 is 5.32 Å². The van der Waals surface area contributed by atoms with Crippen molar-refractivity contribution in [2.75, 3.05) is 27.7 Å². The van der Waals surface area contributed by atoms with Crippen LogP contribution in [0, 0.1) is 17.0 Å². The van der Waals surface area contributed by atoms with Crippen molar-refractivity contribution in [2.24, 2.45) is 0 Å². The lowest BCUT2D eigenvalue weighted by Crippen LogP contribution is -2.47. The molecule has 0 radical (unpaired) electrons. The third-order valence-corrected chi connectivity index (χ3v) is 6.35. The van der Waals surface area contributed by atoms with E-state index in [2.05, 4.69) is 10.3 Å². The number of hydrogen-bond donors (Lipinski definition) is 2. The summed E-state index contributed by atoms with van der Waals surface area (Å²) in [4.78, 5) is 32.5. The van der Waals surface area contributed by atoms with Gasteiger partial charge >= 0.3 is 6.09 Å². The van der Waals surface area contributed by atoms with Crippen molar-refractivity contribution in [3.8, 4) is 22.8 Å². The summed E-state index contributed by atoms with van der Waals surface area (Å²) in [6.07, 6.45) is 0.847. The van der Waals surface area contributed by atoms with Crippen molar-refractivity contribution in [2.45, 2.75) is 6.04 Å². The number of nitrogens with zero attached hydrogens (tertiary/aromatic N) is 3. The highest BCUT2D eigenvalue weighted by atomic mass is 35.5. The first-order chi connectivity index (χ1) is 19.6. The van der Waals surface area contributed by atoms with Gasteiger partial charge in [0, 0.05) is 38.3 Å². The van der Waals surface area contributed by atoms with Gasteiger partial charge in [-0.25, -0.2) is 18.6 Å². The molecule has 4 rings (SSSR count). The quantitative estimate of drug-likeness (QED) is 0.205. The number of nitrogens with one attached hydrogen (secondary N) is 2. The number of aromatic nitrogens is 1. The third kappa shape index (κ3) is 6.69. The van der Waals surface area contributed by atoms with Gasteiger partial charge in [-0.1, -0.05) is 48.0 Å². The maximum Gasteiger partial charge on any atom is 0.409 e. The summed E-state index contributed by atoms with van der Waals surface area (Å²) in [6.45, 7) is -0.410. The number of amides is 2. The summed E-state index contributed by atoms with van der Waals surface area (Å²) in [5, 5.41) is 11.4. The monoisotopic (exact) mass is 581 g/mol. The van der Waals surface area contributed by atoms with E-state index in [1.807, 2.05) is 30.3 Å². The number of ether oxygens (including phenoxy) is 1. The van der Waals surface area contributed by atoms with Crippen LogP contribution in [0.5, 0.6) is 0 Å². The topological polar surface area (TPSA) is 112 Å². The molecular formula is C29H26ClF2N5O4. The van der Waals surface area contributed by atoms with Crippen LogP contribution in [0.2, 0.25) is 5.02 Å². The van der Waals surface area contributed by atoms with Crippen LogP contribution in [-0.2, 0) is 4.74 Å². The fraction of sp³-hybridized carbons (Fsp3) is 0.172. The highest BCUT2D eigenvalue weighted by Crippen LogP contribution is 2.34. The standard InChI is InChI=1S/C29H26ClF2N5O4/c1-34-28(33)37(27(38)19-11-20(31)14-21(32)12-19)24(16-40-29(39)36(2)3)18-9-10-23(30)22(13-18)26-35-15-25(41-26)17-7-5-4-6-8-17/h4-15,24H,16H2,1-3H3,(H2,33,34). The Morgan fingerprint density at radius 1 is 1.07 bits per heavy atom. The van der Waals surface area contributed by atoms with Gasteiger partial charge in [0.25, 0.3) is 5.91 Å². The maximum absolute atomic E-state index is 14.0. The zero-order valence-electron chi connectivity index (χ0n) is 22.3. The molecule has 1 unspecified atom stereocenters. The van der Waals surface area contributed by atoms with Crippen LogP contribution >= 0.6 is 11.6 Å². The molecule has 2 amide bonds. The first kappa shape index (κ1) is 29.2. The highest BCUT2D eigenvalue weighted by Gasteiger charge is 2.32. The summed E-state index contributed by atoms with van der Waals surface area (Å²) in [5.41, 5.74) is 1.20. The lowest BCUT2D eigenvalue weighted by molar-refractivity contribution is 0.0654. The lowest BCUT2D eigenvalue weighted by Gasteiger charge is -2.32. The minimum Gasteiger partial charge on any atom is -0.447 e. The van der Waals surface area contributed by atoms with Gasteiger partial charge < -0.3 is 19.4 Å². The minimum atomic E-state index is -1.13. The number of carbonyl (C=O) groups excluding carboxylic acids is 2. The summed E-state index contributed by atoms with van der Waals surface area (Å²) >= 11 is 6.51. The number of oxazole rings is 1. The average molecular weight is 582 g/mol. The van der Waals surface area contributed by atoms with E-state index >= 15 is 0 Å². The molecular weight excluding hydrogens is 556 g/mol. The van der Waals surface area contributed by atoms with E-state index in [1.165, 1.54) is 26.0 Å². The van der Waals surface area contributed by atoms with Gasteiger partial charge in [0.2, 0.25) is 5.89 Å². The molecule has 4 aromatic rings. The molecule has 0 aliphatic carbocycles. The smallest absolute Gasteiger partial charge is 0.409 e. The summed E-state index contributed by atoms with van der Waals surface area (Å²) in [7, 11) is 4.38. The van der Waals surface area contributed by atoms with E-state index in [4.69, 9.17) is 26.2 Å². The number of rotatable bonds is 7. The molecule has 0 aliphatic rings. The van der Waals surface area contributed by atoms with E-state index in [1.54, 1.807) is 24.4 Å². The van der Waals surface area contributed by atoms with Gasteiger partial charge in [0.1, 0.15) is 18.2 Å². The summed E-state index contributed by atoms with van der Waals surface area (Å²) < 4.78 is 39.4. The van der Waals surface area contributed by atoms with Crippen LogP contribution in [0.4, 0.5) is 13.6 Å². The molecule has 0 fully saturated rings. The van der Waals surface area contributed by atoms with Crippen molar-refractivity contribution in [3.05, 3.63) is 101 Å². The second kappa shape index (κ2) is 12.6. The Balaban J connectivity index is 1.80. The molecule has 12 heteroatoms. The number of guanidine groups is 1. The second-order valence-electron chi connectivity index (χ2n) is 9.05. The second-order valence-corrected chi connectivity index (χ2v) is 9.46. The molecule has 3 aromatic carbocycles. The molecule has 0 aliphatic heterocycles. The van der Waals surface area contributed by atoms with Crippen molar-refractivity contribution in [3.63, 3.8) is 0 Å². The molecule has 212 valence electrons. The van der Waals surface area contributed by atoms with Crippen molar-refractivity contribution in [1.29, 1.82) is 5.41 Å². The Hall–Kier alpha value is -4.77. The first-order valence-corrected chi connectivity index (χ1v) is 12.7. The van der Waals surface area contributed by atoms with E-state index in [0.717, 1.165) is 22.6 Å². The van der Waals surface area contributed by atoms with Crippen LogP contribution in [0.3, 0.4) is 0 Å². The van der Waals surface area contributed by atoms with Crippen LogP contribution in [0.25, 0.3) is 22.8 Å². The van der Waals surface area contributed by atoms with E-state index in [9.17, 15) is 18.4 Å². The van der Waals surface area contributed by atoms with E-state index < -0.39 is 42.2 Å². The van der Waals surface area contributed by atoms with Gasteiger partial charge in [0.15, 0.2) is 11.7 Å². The summed E-state index contributed by atoms with van der Waals surface area (Å²) in [6, 6.07) is 15.2. The van der Waals surface area contributed by atoms with Crippen LogP contribution in [0.1, 0.15) is 22.0 Å². The van der Waals surface area contributed by atoms with Gasteiger partial charge in [-0.15, -0.1) is 0 Å². The Morgan fingerprint density at radius 3 is 2.39 bits per heavy atom. The first-order valence-electron chi connectivity index (χ1n) is 12.3. The molecule has 0 spiro atoms. The maximum atomic E-state index is 14.0. The van der Waals surface area contributed by atoms with Crippen LogP contribution in [0.15, 0.2) is 77.3 Å². The fourth-order valence-electron chi connectivity index (χ4n) is 3.98. The SMILES string of the molecule is CNC(=N)N(C(=O)c1cc(F)cc(F)c1)C(COC(=O)N(C)C)c1ccc(Cl)c(-c2ncc(-c3ccccc3)o2)c1. The highest BCUT2D eigenvalue weighted by molar-refractivity contribution is 6.33. The molecule has 1 atom stereocenters. The molecule has 0 saturated heterocycles. The van der Waals surface area contributed by atoms with Crippen molar-refractivity contribution in [1.82, 2.24) is 20.1 Å². The van der Waals surface area contributed by atoms with Gasteiger partial charge in [-0.2, -0.15) is 0 Å². The number of hydrogen-bond acceptors (Lipinski definition) is 6. The van der Waals surface area contributed by atoms with Gasteiger partial charge in [-0.3, -0.25) is 15.1 Å². The molecule has 0 bridgehead atoms. The normalized spacial score (nSPS) is 11.5. The molecule has 2 N–H and O–H groups in total. The van der Waals surface area contributed by atoms with E-state index in [0.29, 0.717) is 23.0 Å². The number of carbonyl (C=O) groups is 2. The molecule has 1 heterocycles. The van der Waals surface area contributed by atoms with Crippen LogP contribution in [-0.4, -0.2) is 60.5 Å². The Kier molecular flexibility index (Phi) is 8.98. The van der Waals surface area contributed by atoms with Gasteiger partial charge in [0.05, 0.1) is 22.8 Å². The van der Waals surface area contributed by atoms with E-state index in [-0.39, 0.29) is 16.5 Å². The minimum absolute atomic E-state index is 0.188. The largest absolute Gasteiger partial charge is 0.447 e. The molecule has 9 nitrogen and oxygen atoms in total.